The molecule has 2 aromatic rings. The first-order valence-corrected chi connectivity index (χ1v) is 6.67. The first-order valence-electron chi connectivity index (χ1n) is 5.00. The second kappa shape index (κ2) is 4.86. The smallest absolute Gasteiger partial charge is 0.101 e. The van der Waals surface area contributed by atoms with E-state index < -0.39 is 0 Å². The van der Waals surface area contributed by atoms with Gasteiger partial charge in [0, 0.05) is 20.6 Å². The van der Waals surface area contributed by atoms with E-state index >= 15 is 0 Å². The van der Waals surface area contributed by atoms with Crippen LogP contribution in [0.5, 0.6) is 0 Å². The minimum Gasteiger partial charge on any atom is -0.192 e. The molecule has 0 aromatic heterocycles. The van der Waals surface area contributed by atoms with Crippen LogP contribution in [0, 0.1) is 11.3 Å². The summed E-state index contributed by atoms with van der Waals surface area (Å²) in [6.45, 7) is 2.04. The number of nitriles is 1. The Bertz CT molecular complexity index is 629. The molecule has 0 radical (unpaired) electrons. The van der Waals surface area contributed by atoms with E-state index in [4.69, 9.17) is 28.5 Å². The summed E-state index contributed by atoms with van der Waals surface area (Å²) >= 11 is 15.7. The van der Waals surface area contributed by atoms with E-state index in [1.165, 1.54) is 0 Å². The van der Waals surface area contributed by atoms with Gasteiger partial charge in [0.25, 0.3) is 0 Å². The molecule has 0 bridgehead atoms. The maximum Gasteiger partial charge on any atom is 0.101 e. The standard InChI is InChI=1S/C13H8BrCl2N/c1-7(14)8-2-3-9-10(4-8)12(15)5-13(16)11(9)6-17/h2-5,7H,1H3. The van der Waals surface area contributed by atoms with E-state index in [0.29, 0.717) is 15.6 Å². The van der Waals surface area contributed by atoms with E-state index in [1.807, 2.05) is 25.1 Å². The molecule has 0 spiro atoms. The highest BCUT2D eigenvalue weighted by molar-refractivity contribution is 9.09. The number of rotatable bonds is 1. The highest BCUT2D eigenvalue weighted by Gasteiger charge is 2.11. The summed E-state index contributed by atoms with van der Waals surface area (Å²) in [7, 11) is 0. The summed E-state index contributed by atoms with van der Waals surface area (Å²) in [5.74, 6) is 0. The van der Waals surface area contributed by atoms with Crippen molar-refractivity contribution in [3.05, 3.63) is 45.4 Å². The van der Waals surface area contributed by atoms with Crippen molar-refractivity contribution in [3.8, 4) is 6.07 Å². The summed E-state index contributed by atoms with van der Waals surface area (Å²) in [5.41, 5.74) is 1.59. The van der Waals surface area contributed by atoms with Gasteiger partial charge in [-0.2, -0.15) is 5.26 Å². The summed E-state index contributed by atoms with van der Waals surface area (Å²) in [6, 6.07) is 9.57. The SMILES string of the molecule is CC(Br)c1ccc2c(C#N)c(Cl)cc(Cl)c2c1. The minimum atomic E-state index is 0.240. The molecule has 2 rings (SSSR count). The van der Waals surface area contributed by atoms with Gasteiger partial charge in [-0.05, 0) is 24.6 Å². The van der Waals surface area contributed by atoms with Crippen molar-refractivity contribution < 1.29 is 0 Å². The molecular formula is C13H8BrCl2N. The van der Waals surface area contributed by atoms with Gasteiger partial charge in [0.05, 0.1) is 10.6 Å². The highest BCUT2D eigenvalue weighted by atomic mass is 79.9. The lowest BCUT2D eigenvalue weighted by Gasteiger charge is -2.09. The topological polar surface area (TPSA) is 23.8 Å². The molecule has 4 heteroatoms. The minimum absolute atomic E-state index is 0.240. The van der Waals surface area contributed by atoms with Crippen molar-refractivity contribution >= 4 is 49.9 Å². The fourth-order valence-electron chi connectivity index (χ4n) is 1.73. The third-order valence-corrected chi connectivity index (χ3v) is 3.77. The molecule has 0 heterocycles. The molecule has 0 aliphatic heterocycles. The van der Waals surface area contributed by atoms with Crippen LogP contribution < -0.4 is 0 Å². The van der Waals surface area contributed by atoms with Gasteiger partial charge in [0.2, 0.25) is 0 Å². The van der Waals surface area contributed by atoms with E-state index in [9.17, 15) is 0 Å². The Morgan fingerprint density at radius 3 is 2.47 bits per heavy atom. The average molecular weight is 329 g/mol. The van der Waals surface area contributed by atoms with Gasteiger partial charge in [-0.25, -0.2) is 0 Å². The molecular weight excluding hydrogens is 321 g/mol. The Labute approximate surface area is 118 Å². The molecule has 0 saturated carbocycles. The van der Waals surface area contributed by atoms with Gasteiger partial charge < -0.3 is 0 Å². The van der Waals surface area contributed by atoms with Crippen LogP contribution in [0.4, 0.5) is 0 Å². The number of alkyl halides is 1. The molecule has 0 fully saturated rings. The first kappa shape index (κ1) is 12.7. The van der Waals surface area contributed by atoms with Gasteiger partial charge in [0.1, 0.15) is 6.07 Å². The third kappa shape index (κ3) is 2.28. The summed E-state index contributed by atoms with van der Waals surface area (Å²) in [6.07, 6.45) is 0. The zero-order valence-electron chi connectivity index (χ0n) is 8.97. The van der Waals surface area contributed by atoms with Crippen molar-refractivity contribution in [3.63, 3.8) is 0 Å². The maximum atomic E-state index is 9.10. The molecule has 0 aliphatic rings. The van der Waals surface area contributed by atoms with E-state index in [2.05, 4.69) is 22.0 Å². The Hall–Kier alpha value is -0.750. The van der Waals surface area contributed by atoms with Crippen LogP contribution in [0.3, 0.4) is 0 Å². The van der Waals surface area contributed by atoms with Crippen molar-refractivity contribution in [2.24, 2.45) is 0 Å². The van der Waals surface area contributed by atoms with Crippen molar-refractivity contribution in [1.29, 1.82) is 5.26 Å². The Kier molecular flexibility index (Phi) is 3.63. The Balaban J connectivity index is 2.85. The molecule has 1 atom stereocenters. The van der Waals surface area contributed by atoms with Gasteiger partial charge in [0.15, 0.2) is 0 Å². The summed E-state index contributed by atoms with van der Waals surface area (Å²) in [4.78, 5) is 0.240. The molecule has 0 amide bonds. The summed E-state index contributed by atoms with van der Waals surface area (Å²) < 4.78 is 0. The van der Waals surface area contributed by atoms with Gasteiger partial charge in [-0.3, -0.25) is 0 Å². The molecule has 0 aliphatic carbocycles. The quantitative estimate of drug-likeness (QED) is 0.636. The van der Waals surface area contributed by atoms with E-state index in [0.717, 1.165) is 16.3 Å². The lowest BCUT2D eigenvalue weighted by atomic mass is 10.0. The van der Waals surface area contributed by atoms with Crippen LogP contribution in [0.25, 0.3) is 10.8 Å². The molecule has 0 N–H and O–H groups in total. The third-order valence-electron chi connectivity index (χ3n) is 2.63. The summed E-state index contributed by atoms with van der Waals surface area (Å²) in [5, 5.41) is 11.7. The van der Waals surface area contributed by atoms with E-state index in [1.54, 1.807) is 6.07 Å². The molecule has 17 heavy (non-hydrogen) atoms. The van der Waals surface area contributed by atoms with Crippen LogP contribution in [-0.2, 0) is 0 Å². The number of halogens is 3. The lowest BCUT2D eigenvalue weighted by Crippen LogP contribution is -1.88. The fourth-order valence-corrected chi connectivity index (χ4v) is 2.59. The number of benzene rings is 2. The number of hydrogen-bond donors (Lipinski definition) is 0. The Morgan fingerprint density at radius 2 is 1.88 bits per heavy atom. The predicted octanol–water partition coefficient (Wildman–Crippen LogP) is 5.47. The van der Waals surface area contributed by atoms with Crippen molar-refractivity contribution in [2.45, 2.75) is 11.8 Å². The molecule has 1 nitrogen and oxygen atoms in total. The van der Waals surface area contributed by atoms with Crippen LogP contribution >= 0.6 is 39.1 Å². The largest absolute Gasteiger partial charge is 0.192 e. The molecule has 2 aromatic carbocycles. The second-order valence-corrected chi connectivity index (χ2v) is 5.94. The van der Waals surface area contributed by atoms with Crippen LogP contribution in [0.1, 0.15) is 22.9 Å². The number of fused-ring (bicyclic) bond motifs is 1. The fraction of sp³-hybridized carbons (Fsp3) is 0.154. The monoisotopic (exact) mass is 327 g/mol. The molecule has 86 valence electrons. The van der Waals surface area contributed by atoms with E-state index in [-0.39, 0.29) is 4.83 Å². The predicted molar refractivity (Wildman–Crippen MR) is 76.0 cm³/mol. The van der Waals surface area contributed by atoms with Crippen LogP contribution in [0.2, 0.25) is 10.0 Å². The normalized spacial score (nSPS) is 12.4. The van der Waals surface area contributed by atoms with Crippen LogP contribution in [-0.4, -0.2) is 0 Å². The van der Waals surface area contributed by atoms with Crippen LogP contribution in [0.15, 0.2) is 24.3 Å². The molecule has 1 unspecified atom stereocenters. The zero-order chi connectivity index (χ0) is 12.6. The highest BCUT2D eigenvalue weighted by Crippen LogP contribution is 2.34. The van der Waals surface area contributed by atoms with Gasteiger partial charge in [-0.1, -0.05) is 51.3 Å². The average Bonchev–Trinajstić information content (AvgIpc) is 2.29. The maximum absolute atomic E-state index is 9.10. The zero-order valence-corrected chi connectivity index (χ0v) is 12.1. The van der Waals surface area contributed by atoms with Gasteiger partial charge >= 0.3 is 0 Å². The van der Waals surface area contributed by atoms with Crippen molar-refractivity contribution in [1.82, 2.24) is 0 Å². The van der Waals surface area contributed by atoms with Crippen molar-refractivity contribution in [2.75, 3.05) is 0 Å². The lowest BCUT2D eigenvalue weighted by molar-refractivity contribution is 1.13. The Morgan fingerprint density at radius 1 is 1.18 bits per heavy atom. The number of hydrogen-bond acceptors (Lipinski definition) is 1. The first-order chi connectivity index (χ1) is 8.04. The molecule has 0 saturated heterocycles. The van der Waals surface area contributed by atoms with Gasteiger partial charge in [-0.15, -0.1) is 0 Å². The number of nitrogens with zero attached hydrogens (tertiary/aromatic N) is 1. The second-order valence-electron chi connectivity index (χ2n) is 3.75.